The second-order valence-corrected chi connectivity index (χ2v) is 9.46. The molecule has 0 saturated carbocycles. The van der Waals surface area contributed by atoms with E-state index in [1.54, 1.807) is 30.8 Å². The Morgan fingerprint density at radius 1 is 0.974 bits per heavy atom. The summed E-state index contributed by atoms with van der Waals surface area (Å²) in [7, 11) is 0. The lowest BCUT2D eigenvalue weighted by atomic mass is 10.0. The highest BCUT2D eigenvalue weighted by atomic mass is 32.2. The minimum atomic E-state index is -5.04. The van der Waals surface area contributed by atoms with E-state index >= 15 is 0 Å². The fraction of sp³-hybridized carbons (Fsp3) is 0.320. The van der Waals surface area contributed by atoms with E-state index in [4.69, 9.17) is 0 Å². The molecular formula is C25H24F6N4O2S. The zero-order chi connectivity index (χ0) is 28.3. The van der Waals surface area contributed by atoms with Crippen molar-refractivity contribution in [3.8, 4) is 0 Å². The number of amides is 2. The molecule has 2 N–H and O–H groups in total. The Morgan fingerprint density at radius 2 is 1.61 bits per heavy atom. The number of alkyl halides is 6. The van der Waals surface area contributed by atoms with Crippen LogP contribution in [0.4, 0.5) is 32.0 Å². The van der Waals surface area contributed by atoms with Gasteiger partial charge in [0.1, 0.15) is 5.69 Å². The van der Waals surface area contributed by atoms with E-state index in [0.717, 1.165) is 0 Å². The van der Waals surface area contributed by atoms with E-state index in [-0.39, 0.29) is 33.5 Å². The molecule has 0 aliphatic heterocycles. The molecule has 0 saturated heterocycles. The van der Waals surface area contributed by atoms with Crippen molar-refractivity contribution in [1.29, 1.82) is 0 Å². The van der Waals surface area contributed by atoms with Crippen LogP contribution in [0.2, 0.25) is 0 Å². The zero-order valence-electron chi connectivity index (χ0n) is 20.5. The predicted molar refractivity (Wildman–Crippen MR) is 132 cm³/mol. The molecule has 1 atom stereocenters. The van der Waals surface area contributed by atoms with Gasteiger partial charge >= 0.3 is 12.4 Å². The van der Waals surface area contributed by atoms with Gasteiger partial charge in [-0.15, -0.1) is 0 Å². The van der Waals surface area contributed by atoms with Crippen molar-refractivity contribution in [1.82, 2.24) is 15.1 Å². The Hall–Kier alpha value is -3.48. The van der Waals surface area contributed by atoms with Gasteiger partial charge in [0.05, 0.1) is 17.7 Å². The third kappa shape index (κ3) is 7.09. The molecule has 1 heterocycles. The Labute approximate surface area is 218 Å². The van der Waals surface area contributed by atoms with Crippen molar-refractivity contribution in [2.45, 2.75) is 38.8 Å². The lowest BCUT2D eigenvalue weighted by molar-refractivity contribution is -0.144. The molecule has 2 aromatic carbocycles. The smallest absolute Gasteiger partial charge is 0.349 e. The molecule has 0 aliphatic rings. The lowest BCUT2D eigenvalue weighted by Gasteiger charge is -2.16. The molecule has 1 aromatic heterocycles. The van der Waals surface area contributed by atoms with Crippen LogP contribution in [0, 0.1) is 6.92 Å². The van der Waals surface area contributed by atoms with E-state index < -0.39 is 42.1 Å². The van der Waals surface area contributed by atoms with Crippen LogP contribution >= 0.6 is 11.8 Å². The molecule has 0 aliphatic carbocycles. The van der Waals surface area contributed by atoms with Crippen molar-refractivity contribution < 1.29 is 35.9 Å². The summed E-state index contributed by atoms with van der Waals surface area (Å²) in [4.78, 5) is 25.7. The Balaban J connectivity index is 1.81. The van der Waals surface area contributed by atoms with Crippen LogP contribution in [-0.2, 0) is 18.9 Å². The van der Waals surface area contributed by atoms with Gasteiger partial charge in [0, 0.05) is 23.5 Å². The van der Waals surface area contributed by atoms with Crippen LogP contribution in [0.5, 0.6) is 0 Å². The summed E-state index contributed by atoms with van der Waals surface area (Å²) in [6.07, 6.45) is -8.16. The first-order valence-electron chi connectivity index (χ1n) is 11.2. The number of aromatic nitrogens is 2. The van der Waals surface area contributed by atoms with E-state index in [9.17, 15) is 35.9 Å². The van der Waals surface area contributed by atoms with Gasteiger partial charge < -0.3 is 10.6 Å². The fourth-order valence-electron chi connectivity index (χ4n) is 3.70. The van der Waals surface area contributed by atoms with Crippen molar-refractivity contribution in [2.24, 2.45) is 0 Å². The SMILES string of the molecule is CSC[C@H](C)NC(=O)c1ccccc1C(=O)Nc1ccc(Cn2nc(C(F)(F)F)cc2C(F)(F)F)cc1C. The molecule has 0 spiro atoms. The van der Waals surface area contributed by atoms with Crippen LogP contribution in [-0.4, -0.2) is 39.6 Å². The first-order valence-corrected chi connectivity index (χ1v) is 12.6. The quantitative estimate of drug-likeness (QED) is 0.332. The number of carbonyl (C=O) groups excluding carboxylic acids is 2. The van der Waals surface area contributed by atoms with Crippen LogP contribution < -0.4 is 10.6 Å². The topological polar surface area (TPSA) is 76.0 Å². The van der Waals surface area contributed by atoms with Crippen LogP contribution in [0.25, 0.3) is 0 Å². The molecular weight excluding hydrogens is 534 g/mol. The highest BCUT2D eigenvalue weighted by Gasteiger charge is 2.41. The molecule has 38 heavy (non-hydrogen) atoms. The third-order valence-electron chi connectivity index (χ3n) is 5.44. The van der Waals surface area contributed by atoms with Crippen molar-refractivity contribution in [2.75, 3.05) is 17.3 Å². The highest BCUT2D eigenvalue weighted by Crippen LogP contribution is 2.35. The molecule has 3 rings (SSSR count). The maximum atomic E-state index is 13.3. The Morgan fingerprint density at radius 3 is 2.16 bits per heavy atom. The molecule has 0 radical (unpaired) electrons. The van der Waals surface area contributed by atoms with E-state index in [1.165, 1.54) is 30.3 Å². The fourth-order valence-corrected chi connectivity index (χ4v) is 4.29. The van der Waals surface area contributed by atoms with E-state index in [2.05, 4.69) is 15.7 Å². The zero-order valence-corrected chi connectivity index (χ0v) is 21.3. The average molecular weight is 559 g/mol. The van der Waals surface area contributed by atoms with Gasteiger partial charge in [-0.3, -0.25) is 14.3 Å². The maximum absolute atomic E-state index is 13.3. The van der Waals surface area contributed by atoms with Gasteiger partial charge in [-0.05, 0) is 49.4 Å². The third-order valence-corrected chi connectivity index (χ3v) is 6.28. The monoisotopic (exact) mass is 558 g/mol. The van der Waals surface area contributed by atoms with Crippen LogP contribution in [0.3, 0.4) is 0 Å². The van der Waals surface area contributed by atoms with Gasteiger partial charge in [-0.1, -0.05) is 24.3 Å². The second kappa shape index (κ2) is 11.5. The highest BCUT2D eigenvalue weighted by molar-refractivity contribution is 7.98. The molecule has 3 aromatic rings. The number of halogens is 6. The number of anilines is 1. The first-order chi connectivity index (χ1) is 17.7. The van der Waals surface area contributed by atoms with Crippen LogP contribution in [0.15, 0.2) is 48.5 Å². The summed E-state index contributed by atoms with van der Waals surface area (Å²) < 4.78 is 79.0. The summed E-state index contributed by atoms with van der Waals surface area (Å²) in [6.45, 7) is 2.85. The Bertz CT molecular complexity index is 1320. The number of nitrogens with one attached hydrogen (secondary N) is 2. The largest absolute Gasteiger partial charge is 0.435 e. The van der Waals surface area contributed by atoms with Crippen molar-refractivity contribution >= 4 is 29.3 Å². The molecule has 0 bridgehead atoms. The van der Waals surface area contributed by atoms with E-state index in [0.29, 0.717) is 17.0 Å². The summed E-state index contributed by atoms with van der Waals surface area (Å²) in [5, 5.41) is 8.61. The summed E-state index contributed by atoms with van der Waals surface area (Å²) in [5.41, 5.74) is -1.87. The lowest BCUT2D eigenvalue weighted by Crippen LogP contribution is -2.35. The van der Waals surface area contributed by atoms with Gasteiger partial charge in [0.15, 0.2) is 5.69 Å². The number of hydrogen-bond donors (Lipinski definition) is 2. The number of aryl methyl sites for hydroxylation is 1. The number of nitrogens with zero attached hydrogens (tertiary/aromatic N) is 2. The summed E-state index contributed by atoms with van der Waals surface area (Å²) in [5.74, 6) is -0.306. The van der Waals surface area contributed by atoms with Gasteiger partial charge in [-0.25, -0.2) is 0 Å². The number of thioether (sulfide) groups is 1. The van der Waals surface area contributed by atoms with Crippen molar-refractivity contribution in [3.05, 3.63) is 82.2 Å². The maximum Gasteiger partial charge on any atom is 0.435 e. The Kier molecular flexibility index (Phi) is 8.80. The average Bonchev–Trinajstić information content (AvgIpc) is 3.26. The minimum Gasteiger partial charge on any atom is -0.349 e. The molecule has 13 heteroatoms. The standard InChI is InChI=1S/C25H24F6N4O2S/c1-14-10-16(12-35-21(25(29,30)31)11-20(34-35)24(26,27)28)8-9-19(14)33-23(37)18-7-5-4-6-17(18)22(36)32-15(2)13-38-3/h4-11,15H,12-13H2,1-3H3,(H,32,36)(H,33,37)/t15-/m0/s1. The van der Waals surface area contributed by atoms with Crippen LogP contribution in [0.1, 0.15) is 50.2 Å². The van der Waals surface area contributed by atoms with E-state index in [1.807, 2.05) is 13.2 Å². The summed E-state index contributed by atoms with van der Waals surface area (Å²) in [6, 6.07) is 10.3. The predicted octanol–water partition coefficient (Wildman–Crippen LogP) is 6.01. The second-order valence-electron chi connectivity index (χ2n) is 8.55. The summed E-state index contributed by atoms with van der Waals surface area (Å²) >= 11 is 1.56. The number of benzene rings is 2. The molecule has 2 amide bonds. The van der Waals surface area contributed by atoms with Gasteiger partial charge in [0.2, 0.25) is 0 Å². The molecule has 0 fully saturated rings. The first kappa shape index (κ1) is 29.1. The number of hydrogen-bond acceptors (Lipinski definition) is 4. The molecule has 6 nitrogen and oxygen atoms in total. The van der Waals surface area contributed by atoms with Crippen molar-refractivity contribution in [3.63, 3.8) is 0 Å². The van der Waals surface area contributed by atoms with Gasteiger partial charge in [0.25, 0.3) is 11.8 Å². The normalized spacial score (nSPS) is 12.8. The molecule has 204 valence electrons. The minimum absolute atomic E-state index is 0.0309. The van der Waals surface area contributed by atoms with Gasteiger partial charge in [-0.2, -0.15) is 43.2 Å². The number of rotatable bonds is 8. The molecule has 0 unspecified atom stereocenters. The number of carbonyl (C=O) groups is 2.